The van der Waals surface area contributed by atoms with E-state index in [1.54, 1.807) is 6.07 Å². The van der Waals surface area contributed by atoms with Crippen molar-refractivity contribution in [2.24, 2.45) is 7.05 Å². The molecule has 0 spiro atoms. The molecule has 0 bridgehead atoms. The highest BCUT2D eigenvalue weighted by atomic mass is 127. The van der Waals surface area contributed by atoms with E-state index < -0.39 is 0 Å². The van der Waals surface area contributed by atoms with E-state index in [9.17, 15) is 4.39 Å². The molecule has 0 N–H and O–H groups in total. The van der Waals surface area contributed by atoms with Crippen LogP contribution in [0.5, 0.6) is 0 Å². The number of aromatic nitrogens is 1. The van der Waals surface area contributed by atoms with Gasteiger partial charge in [0.05, 0.1) is 5.69 Å². The predicted molar refractivity (Wildman–Crippen MR) is 81.0 cm³/mol. The van der Waals surface area contributed by atoms with Crippen molar-refractivity contribution < 1.29 is 4.39 Å². The number of aryl methyl sites for hydroxylation is 1. The summed E-state index contributed by atoms with van der Waals surface area (Å²) in [6.07, 6.45) is 0. The van der Waals surface area contributed by atoms with Crippen LogP contribution in [-0.2, 0) is 7.05 Å². The molecule has 0 atom stereocenters. The van der Waals surface area contributed by atoms with E-state index in [0.29, 0.717) is 0 Å². The largest absolute Gasteiger partial charge is 0.343 e. The van der Waals surface area contributed by atoms with Gasteiger partial charge < -0.3 is 4.57 Å². The highest BCUT2D eigenvalue weighted by molar-refractivity contribution is 14.1. The summed E-state index contributed by atoms with van der Waals surface area (Å²) < 4.78 is 16.6. The van der Waals surface area contributed by atoms with Gasteiger partial charge in [0.2, 0.25) is 0 Å². The molecule has 0 aliphatic heterocycles. The fourth-order valence-corrected chi connectivity index (χ4v) is 3.39. The minimum Gasteiger partial charge on any atom is -0.343 e. The molecule has 1 heterocycles. The molecular weight excluding hydrogens is 340 g/mol. The lowest BCUT2D eigenvalue weighted by Gasteiger charge is -2.04. The number of halogens is 2. The van der Waals surface area contributed by atoms with E-state index in [1.165, 1.54) is 6.07 Å². The molecular formula is C15H11FIN. The van der Waals surface area contributed by atoms with Crippen LogP contribution in [-0.4, -0.2) is 4.57 Å². The Kier molecular flexibility index (Phi) is 2.86. The Hall–Kier alpha value is -1.36. The fraction of sp³-hybridized carbons (Fsp3) is 0.0667. The van der Waals surface area contributed by atoms with Gasteiger partial charge in [0.25, 0.3) is 0 Å². The zero-order valence-corrected chi connectivity index (χ0v) is 12.0. The van der Waals surface area contributed by atoms with E-state index in [-0.39, 0.29) is 5.82 Å². The lowest BCUT2D eigenvalue weighted by molar-refractivity contribution is 0.629. The quantitative estimate of drug-likeness (QED) is 0.565. The predicted octanol–water partition coefficient (Wildman–Crippen LogP) is 4.59. The first kappa shape index (κ1) is 11.7. The van der Waals surface area contributed by atoms with Crippen molar-refractivity contribution in [2.45, 2.75) is 0 Å². The van der Waals surface area contributed by atoms with Crippen LogP contribution in [0.25, 0.3) is 22.2 Å². The van der Waals surface area contributed by atoms with Gasteiger partial charge >= 0.3 is 0 Å². The van der Waals surface area contributed by atoms with Crippen LogP contribution in [0.3, 0.4) is 0 Å². The van der Waals surface area contributed by atoms with Crippen molar-refractivity contribution in [3.05, 3.63) is 57.9 Å². The molecule has 3 aromatic rings. The zero-order chi connectivity index (χ0) is 12.7. The van der Waals surface area contributed by atoms with Crippen molar-refractivity contribution >= 4 is 33.5 Å². The maximum atomic E-state index is 13.3. The number of hydrogen-bond acceptors (Lipinski definition) is 0. The molecule has 3 heteroatoms. The number of rotatable bonds is 1. The molecule has 18 heavy (non-hydrogen) atoms. The minimum atomic E-state index is -0.189. The molecule has 90 valence electrons. The summed E-state index contributed by atoms with van der Waals surface area (Å²) in [4.78, 5) is 0. The number of fused-ring (bicyclic) bond motifs is 1. The average Bonchev–Trinajstić information content (AvgIpc) is 2.63. The Morgan fingerprint density at radius 3 is 2.50 bits per heavy atom. The highest BCUT2D eigenvalue weighted by Gasteiger charge is 2.14. The second kappa shape index (κ2) is 4.39. The standard InChI is InChI=1S/C15H11FIN/c1-18-13-8-7-11(16)9-12(13)14(17)15(18)10-5-3-2-4-6-10/h2-9H,1H3. The summed E-state index contributed by atoms with van der Waals surface area (Å²) >= 11 is 2.29. The van der Waals surface area contributed by atoms with Crippen LogP contribution in [0.1, 0.15) is 0 Å². The third kappa shape index (κ3) is 1.73. The normalized spacial score (nSPS) is 11.1. The van der Waals surface area contributed by atoms with Crippen molar-refractivity contribution in [1.29, 1.82) is 0 Å². The Bertz CT molecular complexity index is 716. The molecule has 1 aromatic heterocycles. The Morgan fingerprint density at radius 1 is 1.06 bits per heavy atom. The Balaban J connectivity index is 2.37. The SMILES string of the molecule is Cn1c(-c2ccccc2)c(I)c2cc(F)ccc21. The minimum absolute atomic E-state index is 0.189. The maximum absolute atomic E-state index is 13.3. The second-order valence-corrected chi connectivity index (χ2v) is 5.33. The fourth-order valence-electron chi connectivity index (χ4n) is 2.29. The second-order valence-electron chi connectivity index (χ2n) is 4.25. The summed E-state index contributed by atoms with van der Waals surface area (Å²) in [5.74, 6) is -0.189. The van der Waals surface area contributed by atoms with Crippen molar-refractivity contribution in [3.63, 3.8) is 0 Å². The van der Waals surface area contributed by atoms with Gasteiger partial charge in [-0.25, -0.2) is 4.39 Å². The summed E-state index contributed by atoms with van der Waals surface area (Å²) in [5, 5.41) is 0.969. The van der Waals surface area contributed by atoms with Gasteiger partial charge in [-0.3, -0.25) is 0 Å². The van der Waals surface area contributed by atoms with Gasteiger partial charge in [-0.05, 0) is 46.4 Å². The zero-order valence-electron chi connectivity index (χ0n) is 9.82. The summed E-state index contributed by atoms with van der Waals surface area (Å²) in [6.45, 7) is 0. The first-order valence-electron chi connectivity index (χ1n) is 5.67. The Labute approximate surface area is 118 Å². The summed E-state index contributed by atoms with van der Waals surface area (Å²) in [5.41, 5.74) is 3.34. The van der Waals surface area contributed by atoms with Crippen molar-refractivity contribution in [3.8, 4) is 11.3 Å². The van der Waals surface area contributed by atoms with E-state index in [1.807, 2.05) is 31.3 Å². The highest BCUT2D eigenvalue weighted by Crippen LogP contribution is 2.34. The van der Waals surface area contributed by atoms with E-state index in [2.05, 4.69) is 39.3 Å². The van der Waals surface area contributed by atoms with Crippen molar-refractivity contribution in [2.75, 3.05) is 0 Å². The molecule has 0 aliphatic rings. The molecule has 0 unspecified atom stereocenters. The van der Waals surface area contributed by atoms with Crippen molar-refractivity contribution in [1.82, 2.24) is 4.57 Å². The van der Waals surface area contributed by atoms with Gasteiger partial charge in [0.1, 0.15) is 5.82 Å². The van der Waals surface area contributed by atoms with Gasteiger partial charge in [-0.1, -0.05) is 30.3 Å². The summed E-state index contributed by atoms with van der Waals surface area (Å²) in [7, 11) is 2.02. The molecule has 3 rings (SSSR count). The average molecular weight is 351 g/mol. The molecule has 0 amide bonds. The van der Waals surface area contributed by atoms with Crippen LogP contribution in [0.4, 0.5) is 4.39 Å². The van der Waals surface area contributed by atoms with Crippen LogP contribution in [0, 0.1) is 9.39 Å². The number of hydrogen-bond donors (Lipinski definition) is 0. The Morgan fingerprint density at radius 2 is 1.78 bits per heavy atom. The lowest BCUT2D eigenvalue weighted by atomic mass is 10.1. The van der Waals surface area contributed by atoms with Gasteiger partial charge in [-0.15, -0.1) is 0 Å². The van der Waals surface area contributed by atoms with Crippen LogP contribution >= 0.6 is 22.6 Å². The molecule has 0 aliphatic carbocycles. The molecule has 1 nitrogen and oxygen atoms in total. The van der Waals surface area contributed by atoms with Crippen LogP contribution < -0.4 is 0 Å². The first-order valence-corrected chi connectivity index (χ1v) is 6.75. The van der Waals surface area contributed by atoms with Gasteiger partial charge in [-0.2, -0.15) is 0 Å². The van der Waals surface area contributed by atoms with Crippen LogP contribution in [0.2, 0.25) is 0 Å². The summed E-state index contributed by atoms with van der Waals surface area (Å²) in [6, 6.07) is 15.1. The third-order valence-corrected chi connectivity index (χ3v) is 4.24. The number of benzene rings is 2. The molecule has 0 saturated heterocycles. The molecule has 0 radical (unpaired) electrons. The van der Waals surface area contributed by atoms with Crippen LogP contribution in [0.15, 0.2) is 48.5 Å². The maximum Gasteiger partial charge on any atom is 0.123 e. The van der Waals surface area contributed by atoms with E-state index >= 15 is 0 Å². The first-order chi connectivity index (χ1) is 8.68. The van der Waals surface area contributed by atoms with Gasteiger partial charge in [0, 0.05) is 21.5 Å². The molecule has 2 aromatic carbocycles. The molecule has 0 saturated carbocycles. The van der Waals surface area contributed by atoms with Gasteiger partial charge in [0.15, 0.2) is 0 Å². The molecule has 0 fully saturated rings. The smallest absolute Gasteiger partial charge is 0.123 e. The third-order valence-electron chi connectivity index (χ3n) is 3.15. The van der Waals surface area contributed by atoms with E-state index in [4.69, 9.17) is 0 Å². The van der Waals surface area contributed by atoms with E-state index in [0.717, 1.165) is 25.7 Å². The lowest BCUT2D eigenvalue weighted by Crippen LogP contribution is -1.91. The monoisotopic (exact) mass is 351 g/mol. The number of nitrogens with zero attached hydrogens (tertiary/aromatic N) is 1. The topological polar surface area (TPSA) is 4.93 Å².